The molecule has 2 aliphatic carbocycles. The molecule has 0 heterocycles. The Kier molecular flexibility index (Phi) is 7.41. The number of terminal acetylenes is 1. The van der Waals surface area contributed by atoms with E-state index in [0.29, 0.717) is 11.8 Å². The zero-order valence-electron chi connectivity index (χ0n) is 15.1. The number of halogens is 1. The molecule has 5 unspecified atom stereocenters. The van der Waals surface area contributed by atoms with Crippen molar-refractivity contribution in [1.29, 1.82) is 0 Å². The van der Waals surface area contributed by atoms with Gasteiger partial charge in [0.15, 0.2) is 6.17 Å². The van der Waals surface area contributed by atoms with Gasteiger partial charge >= 0.3 is 0 Å². The highest BCUT2D eigenvalue weighted by molar-refractivity contribution is 4.99. The molecule has 0 amide bonds. The molecular weight excluding hydrogens is 285 g/mol. The van der Waals surface area contributed by atoms with Gasteiger partial charge < -0.3 is 5.73 Å². The van der Waals surface area contributed by atoms with Gasteiger partial charge in [-0.3, -0.25) is 0 Å². The minimum Gasteiger partial charge on any atom is -0.324 e. The molecule has 2 aliphatic rings. The van der Waals surface area contributed by atoms with Crippen LogP contribution in [0.15, 0.2) is 0 Å². The predicted octanol–water partition coefficient (Wildman–Crippen LogP) is 5.33. The molecule has 2 rings (SSSR count). The van der Waals surface area contributed by atoms with Gasteiger partial charge in [-0.15, -0.1) is 6.42 Å². The van der Waals surface area contributed by atoms with E-state index < -0.39 is 12.2 Å². The van der Waals surface area contributed by atoms with Crippen LogP contribution in [0.4, 0.5) is 4.39 Å². The molecule has 23 heavy (non-hydrogen) atoms. The summed E-state index contributed by atoms with van der Waals surface area (Å²) in [5.41, 5.74) is 5.91. The number of nitrogens with two attached hydrogens (primary N) is 1. The van der Waals surface area contributed by atoms with Crippen LogP contribution < -0.4 is 5.73 Å². The summed E-state index contributed by atoms with van der Waals surface area (Å²) in [5.74, 6) is 6.19. The molecule has 0 bridgehead atoms. The Morgan fingerprint density at radius 3 is 2.30 bits per heavy atom. The Bertz CT molecular complexity index is 380. The molecule has 0 radical (unpaired) electrons. The lowest BCUT2D eigenvalue weighted by Crippen LogP contribution is -2.34. The first-order valence-corrected chi connectivity index (χ1v) is 9.87. The molecule has 2 heteroatoms. The Morgan fingerprint density at radius 1 is 1.04 bits per heavy atom. The monoisotopic (exact) mass is 321 g/mol. The summed E-state index contributed by atoms with van der Waals surface area (Å²) < 4.78 is 13.5. The third kappa shape index (κ3) is 5.49. The van der Waals surface area contributed by atoms with E-state index in [2.05, 4.69) is 19.8 Å². The molecule has 0 aromatic rings. The van der Waals surface area contributed by atoms with Crippen LogP contribution in [-0.2, 0) is 0 Å². The van der Waals surface area contributed by atoms with E-state index in [1.165, 1.54) is 57.8 Å². The smallest absolute Gasteiger partial charge is 0.175 e. The second-order valence-electron chi connectivity index (χ2n) is 8.49. The first kappa shape index (κ1) is 18.8. The van der Waals surface area contributed by atoms with Crippen molar-refractivity contribution in [3.05, 3.63) is 0 Å². The quantitative estimate of drug-likeness (QED) is 0.537. The Hall–Kier alpha value is -0.550. The Morgan fingerprint density at radius 2 is 1.65 bits per heavy atom. The van der Waals surface area contributed by atoms with Gasteiger partial charge in [-0.25, -0.2) is 4.39 Å². The van der Waals surface area contributed by atoms with Crippen molar-refractivity contribution in [3.8, 4) is 12.3 Å². The fourth-order valence-electron chi connectivity index (χ4n) is 5.02. The third-order valence-corrected chi connectivity index (χ3v) is 6.77. The second-order valence-corrected chi connectivity index (χ2v) is 8.49. The SMILES string of the molecule is C#CC(F)C(N)CC(C)C1CCCC(C2CCC(C)CC2)CC1. The zero-order valence-corrected chi connectivity index (χ0v) is 15.1. The fourth-order valence-corrected chi connectivity index (χ4v) is 5.02. The van der Waals surface area contributed by atoms with Gasteiger partial charge in [-0.05, 0) is 61.7 Å². The number of hydrogen-bond donors (Lipinski definition) is 1. The fraction of sp³-hybridized carbons (Fsp3) is 0.905. The lowest BCUT2D eigenvalue weighted by Gasteiger charge is -2.32. The van der Waals surface area contributed by atoms with E-state index in [9.17, 15) is 4.39 Å². The molecule has 0 spiro atoms. The van der Waals surface area contributed by atoms with Gasteiger partial charge in [0.25, 0.3) is 0 Å². The first-order chi connectivity index (χ1) is 11.0. The number of hydrogen-bond acceptors (Lipinski definition) is 1. The first-order valence-electron chi connectivity index (χ1n) is 9.87. The van der Waals surface area contributed by atoms with Crippen LogP contribution in [0.2, 0.25) is 0 Å². The summed E-state index contributed by atoms with van der Waals surface area (Å²) >= 11 is 0. The Labute approximate surface area is 143 Å². The van der Waals surface area contributed by atoms with E-state index in [1.807, 2.05) is 0 Å². The number of rotatable bonds is 5. The van der Waals surface area contributed by atoms with Crippen molar-refractivity contribution in [2.24, 2.45) is 35.3 Å². The predicted molar refractivity (Wildman–Crippen MR) is 96.7 cm³/mol. The third-order valence-electron chi connectivity index (χ3n) is 6.77. The highest BCUT2D eigenvalue weighted by Gasteiger charge is 2.30. The van der Waals surface area contributed by atoms with Crippen LogP contribution in [0.3, 0.4) is 0 Å². The molecule has 132 valence electrons. The molecule has 2 fully saturated rings. The average Bonchev–Trinajstić information content (AvgIpc) is 2.80. The maximum atomic E-state index is 13.5. The van der Waals surface area contributed by atoms with Crippen LogP contribution in [0.5, 0.6) is 0 Å². The molecule has 0 saturated heterocycles. The van der Waals surface area contributed by atoms with Crippen molar-refractivity contribution in [2.75, 3.05) is 0 Å². The highest BCUT2D eigenvalue weighted by Crippen LogP contribution is 2.41. The minimum atomic E-state index is -1.29. The molecule has 2 saturated carbocycles. The van der Waals surface area contributed by atoms with Crippen molar-refractivity contribution >= 4 is 0 Å². The maximum absolute atomic E-state index is 13.5. The largest absolute Gasteiger partial charge is 0.324 e. The van der Waals surface area contributed by atoms with Gasteiger partial charge in [-0.2, -0.15) is 0 Å². The zero-order chi connectivity index (χ0) is 16.8. The van der Waals surface area contributed by atoms with Crippen molar-refractivity contribution in [3.63, 3.8) is 0 Å². The van der Waals surface area contributed by atoms with Crippen molar-refractivity contribution in [2.45, 2.75) is 90.3 Å². The summed E-state index contributed by atoms with van der Waals surface area (Å²) in [7, 11) is 0. The van der Waals surface area contributed by atoms with Crippen molar-refractivity contribution in [1.82, 2.24) is 0 Å². The van der Waals surface area contributed by atoms with Gasteiger partial charge in [0, 0.05) is 6.04 Å². The maximum Gasteiger partial charge on any atom is 0.175 e. The van der Waals surface area contributed by atoms with Gasteiger partial charge in [-0.1, -0.05) is 51.9 Å². The van der Waals surface area contributed by atoms with Gasteiger partial charge in [0.05, 0.1) is 0 Å². The summed E-state index contributed by atoms with van der Waals surface area (Å²) in [6.07, 6.45) is 17.1. The van der Waals surface area contributed by atoms with E-state index in [1.54, 1.807) is 0 Å². The molecule has 0 aromatic carbocycles. The van der Waals surface area contributed by atoms with E-state index >= 15 is 0 Å². The molecule has 2 N–H and O–H groups in total. The molecule has 5 atom stereocenters. The van der Waals surface area contributed by atoms with Crippen molar-refractivity contribution < 1.29 is 4.39 Å². The molecular formula is C21H36FN. The Balaban J connectivity index is 1.80. The van der Waals surface area contributed by atoms with Crippen LogP contribution in [0.25, 0.3) is 0 Å². The lowest BCUT2D eigenvalue weighted by molar-refractivity contribution is 0.191. The van der Waals surface area contributed by atoms with Gasteiger partial charge in [0.1, 0.15) is 0 Å². The molecule has 1 nitrogen and oxygen atoms in total. The normalized spacial score (nSPS) is 36.5. The standard InChI is InChI=1S/C21H36FN/c1-4-20(22)21(23)14-16(3)17-6-5-7-18(13-12-17)19-10-8-15(2)9-11-19/h1,15-21H,5-14,23H2,2-3H3. The average molecular weight is 322 g/mol. The molecule has 0 aliphatic heterocycles. The highest BCUT2D eigenvalue weighted by atomic mass is 19.1. The second kappa shape index (κ2) is 9.07. The van der Waals surface area contributed by atoms with Crippen LogP contribution >= 0.6 is 0 Å². The van der Waals surface area contributed by atoms with Crippen LogP contribution in [-0.4, -0.2) is 12.2 Å². The van der Waals surface area contributed by atoms with E-state index in [4.69, 9.17) is 12.2 Å². The lowest BCUT2D eigenvalue weighted by atomic mass is 9.73. The minimum absolute atomic E-state index is 0.488. The van der Waals surface area contributed by atoms with Crippen LogP contribution in [0.1, 0.15) is 78.1 Å². The summed E-state index contributed by atoms with van der Waals surface area (Å²) in [6, 6.07) is -0.492. The molecule has 0 aromatic heterocycles. The van der Waals surface area contributed by atoms with E-state index in [0.717, 1.165) is 24.2 Å². The number of alkyl halides is 1. The summed E-state index contributed by atoms with van der Waals surface area (Å²) in [4.78, 5) is 0. The van der Waals surface area contributed by atoms with Gasteiger partial charge in [0.2, 0.25) is 0 Å². The summed E-state index contributed by atoms with van der Waals surface area (Å²) in [6.45, 7) is 4.65. The summed E-state index contributed by atoms with van der Waals surface area (Å²) in [5, 5.41) is 0. The topological polar surface area (TPSA) is 26.0 Å². The van der Waals surface area contributed by atoms with E-state index in [-0.39, 0.29) is 0 Å². The van der Waals surface area contributed by atoms with Crippen LogP contribution in [0, 0.1) is 41.9 Å².